The summed E-state index contributed by atoms with van der Waals surface area (Å²) in [6.07, 6.45) is 0. The van der Waals surface area contributed by atoms with Crippen LogP contribution in [-0.4, -0.2) is 21.7 Å². The fourth-order valence-electron chi connectivity index (χ4n) is 2.70. The molecule has 0 radical (unpaired) electrons. The maximum Gasteiger partial charge on any atom is 0.274 e. The molecule has 0 saturated heterocycles. The van der Waals surface area contributed by atoms with Gasteiger partial charge in [-0.3, -0.25) is 9.59 Å². The van der Waals surface area contributed by atoms with Crippen LogP contribution in [0.2, 0.25) is 0 Å². The summed E-state index contributed by atoms with van der Waals surface area (Å²) in [6.45, 7) is 7.34. The molecule has 0 aliphatic carbocycles. The normalized spacial score (nSPS) is 10.4. The molecule has 6 nitrogen and oxygen atoms in total. The molecule has 142 valence electrons. The summed E-state index contributed by atoms with van der Waals surface area (Å²) in [7, 11) is 0. The van der Waals surface area contributed by atoms with Crippen molar-refractivity contribution in [3.05, 3.63) is 76.7 Å². The van der Waals surface area contributed by atoms with E-state index in [0.717, 1.165) is 5.69 Å². The van der Waals surface area contributed by atoms with Crippen molar-refractivity contribution in [1.29, 1.82) is 0 Å². The zero-order chi connectivity index (χ0) is 20.3. The first-order valence-corrected chi connectivity index (χ1v) is 8.94. The molecule has 6 heteroatoms. The number of rotatable bonds is 5. The number of hydrogen-bond donors (Lipinski definition) is 2. The average molecular weight is 374 g/mol. The van der Waals surface area contributed by atoms with Crippen LogP contribution >= 0.6 is 0 Å². The molecule has 0 aliphatic rings. The molecule has 2 N–H and O–H groups in total. The van der Waals surface area contributed by atoms with E-state index in [2.05, 4.69) is 27.5 Å². The Morgan fingerprint density at radius 2 is 1.50 bits per heavy atom. The summed E-state index contributed by atoms with van der Waals surface area (Å²) in [5.74, 6) is 0.675. The Bertz CT molecular complexity index is 1040. The van der Waals surface area contributed by atoms with E-state index in [9.17, 15) is 9.59 Å². The number of hydrogen-bond acceptors (Lipinski definition) is 5. The molecule has 28 heavy (non-hydrogen) atoms. The van der Waals surface area contributed by atoms with Crippen LogP contribution in [-0.2, 0) is 0 Å². The summed E-state index contributed by atoms with van der Waals surface area (Å²) >= 11 is 0. The van der Waals surface area contributed by atoms with E-state index in [0.29, 0.717) is 22.9 Å². The van der Waals surface area contributed by atoms with Gasteiger partial charge in [0, 0.05) is 23.0 Å². The van der Waals surface area contributed by atoms with Gasteiger partial charge in [-0.1, -0.05) is 6.07 Å². The van der Waals surface area contributed by atoms with E-state index in [1.165, 1.54) is 18.1 Å². The summed E-state index contributed by atoms with van der Waals surface area (Å²) in [5.41, 5.74) is 4.72. The molecule has 1 amide bonds. The van der Waals surface area contributed by atoms with Gasteiger partial charge < -0.3 is 10.6 Å². The Hall–Kier alpha value is -3.54. The van der Waals surface area contributed by atoms with E-state index in [4.69, 9.17) is 0 Å². The molecule has 0 aliphatic heterocycles. The van der Waals surface area contributed by atoms with Gasteiger partial charge in [0.05, 0.1) is 0 Å². The molecular formula is C22H22N4O2. The highest BCUT2D eigenvalue weighted by atomic mass is 16.2. The third kappa shape index (κ3) is 4.59. The minimum Gasteiger partial charge on any atom is -0.340 e. The second-order valence-corrected chi connectivity index (χ2v) is 6.70. The Morgan fingerprint density at radius 3 is 2.14 bits per heavy atom. The lowest BCUT2D eigenvalue weighted by Crippen LogP contribution is -2.15. The van der Waals surface area contributed by atoms with Gasteiger partial charge in [-0.15, -0.1) is 0 Å². The molecule has 0 saturated carbocycles. The van der Waals surface area contributed by atoms with Crippen molar-refractivity contribution in [2.24, 2.45) is 0 Å². The Morgan fingerprint density at radius 1 is 0.821 bits per heavy atom. The minimum absolute atomic E-state index is 0.0219. The van der Waals surface area contributed by atoms with Crippen LogP contribution in [0.1, 0.15) is 44.7 Å². The highest BCUT2D eigenvalue weighted by molar-refractivity contribution is 6.03. The van der Waals surface area contributed by atoms with Crippen molar-refractivity contribution in [3.8, 4) is 0 Å². The quantitative estimate of drug-likeness (QED) is 0.638. The van der Waals surface area contributed by atoms with Gasteiger partial charge in [0.15, 0.2) is 5.78 Å². The van der Waals surface area contributed by atoms with Crippen molar-refractivity contribution in [1.82, 2.24) is 9.97 Å². The Kier molecular flexibility index (Phi) is 5.49. The van der Waals surface area contributed by atoms with E-state index < -0.39 is 0 Å². The van der Waals surface area contributed by atoms with Crippen LogP contribution < -0.4 is 10.6 Å². The van der Waals surface area contributed by atoms with Gasteiger partial charge in [-0.2, -0.15) is 0 Å². The third-order valence-corrected chi connectivity index (χ3v) is 4.40. The van der Waals surface area contributed by atoms with E-state index in [1.54, 1.807) is 37.3 Å². The number of carbonyl (C=O) groups is 2. The molecule has 2 aromatic carbocycles. The number of carbonyl (C=O) groups excluding carboxylic acids is 2. The van der Waals surface area contributed by atoms with E-state index in [1.807, 2.05) is 25.1 Å². The van der Waals surface area contributed by atoms with Crippen LogP contribution in [0.3, 0.4) is 0 Å². The fraction of sp³-hybridized carbons (Fsp3) is 0.182. The van der Waals surface area contributed by atoms with Crippen molar-refractivity contribution in [3.63, 3.8) is 0 Å². The highest BCUT2D eigenvalue weighted by Gasteiger charge is 2.12. The molecule has 0 fully saturated rings. The van der Waals surface area contributed by atoms with Crippen molar-refractivity contribution in [2.45, 2.75) is 27.7 Å². The molecular weight excluding hydrogens is 352 g/mol. The van der Waals surface area contributed by atoms with Crippen LogP contribution in [0, 0.1) is 20.8 Å². The lowest BCUT2D eigenvalue weighted by atomic mass is 10.1. The largest absolute Gasteiger partial charge is 0.340 e. The topological polar surface area (TPSA) is 84.0 Å². The SMILES string of the molecule is CC(=O)c1ccc(NC(=O)c2cc(Nc3ccc(C)c(C)c3)nc(C)n2)cc1. The van der Waals surface area contributed by atoms with Crippen LogP contribution in [0.15, 0.2) is 48.5 Å². The second-order valence-electron chi connectivity index (χ2n) is 6.70. The minimum atomic E-state index is -0.343. The Balaban J connectivity index is 1.78. The monoisotopic (exact) mass is 374 g/mol. The number of aromatic nitrogens is 2. The lowest BCUT2D eigenvalue weighted by molar-refractivity contribution is 0.101. The molecule has 1 aromatic heterocycles. The van der Waals surface area contributed by atoms with Gasteiger partial charge >= 0.3 is 0 Å². The van der Waals surface area contributed by atoms with E-state index in [-0.39, 0.29) is 17.4 Å². The first-order chi connectivity index (χ1) is 13.3. The molecule has 0 spiro atoms. The smallest absolute Gasteiger partial charge is 0.274 e. The van der Waals surface area contributed by atoms with E-state index >= 15 is 0 Å². The van der Waals surface area contributed by atoms with Gasteiger partial charge in [-0.25, -0.2) is 9.97 Å². The summed E-state index contributed by atoms with van der Waals surface area (Å²) in [4.78, 5) is 32.5. The first-order valence-electron chi connectivity index (χ1n) is 8.94. The molecule has 0 unspecified atom stereocenters. The summed E-state index contributed by atoms with van der Waals surface area (Å²) < 4.78 is 0. The number of Topliss-reactive ketones (excluding diaryl/α,β-unsaturated/α-hetero) is 1. The molecule has 3 aromatic rings. The zero-order valence-electron chi connectivity index (χ0n) is 16.3. The maximum absolute atomic E-state index is 12.6. The third-order valence-electron chi connectivity index (χ3n) is 4.40. The fourth-order valence-corrected chi connectivity index (χ4v) is 2.70. The second kappa shape index (κ2) is 8.00. The van der Waals surface area contributed by atoms with Gasteiger partial charge in [0.25, 0.3) is 5.91 Å². The zero-order valence-corrected chi connectivity index (χ0v) is 16.3. The van der Waals surface area contributed by atoms with Crippen LogP contribution in [0.4, 0.5) is 17.2 Å². The summed E-state index contributed by atoms with van der Waals surface area (Å²) in [6, 6.07) is 14.4. The van der Waals surface area contributed by atoms with Gasteiger partial charge in [0.2, 0.25) is 0 Å². The number of nitrogens with zero attached hydrogens (tertiary/aromatic N) is 2. The number of ketones is 1. The van der Waals surface area contributed by atoms with Crippen LogP contribution in [0.5, 0.6) is 0 Å². The number of nitrogens with one attached hydrogen (secondary N) is 2. The predicted octanol–water partition coefficient (Wildman–Crippen LogP) is 4.60. The van der Waals surface area contributed by atoms with Gasteiger partial charge in [-0.05, 0) is 75.2 Å². The van der Waals surface area contributed by atoms with Crippen LogP contribution in [0.25, 0.3) is 0 Å². The number of benzene rings is 2. The lowest BCUT2D eigenvalue weighted by Gasteiger charge is -2.11. The molecule has 3 rings (SSSR count). The van der Waals surface area contributed by atoms with Gasteiger partial charge in [0.1, 0.15) is 17.3 Å². The number of anilines is 3. The number of amides is 1. The maximum atomic E-state index is 12.6. The molecule has 0 bridgehead atoms. The van der Waals surface area contributed by atoms with Crippen molar-refractivity contribution in [2.75, 3.05) is 10.6 Å². The van der Waals surface area contributed by atoms with Crippen molar-refractivity contribution < 1.29 is 9.59 Å². The average Bonchev–Trinajstić information content (AvgIpc) is 2.64. The molecule has 1 heterocycles. The molecule has 0 atom stereocenters. The summed E-state index contributed by atoms with van der Waals surface area (Å²) in [5, 5.41) is 6.01. The number of aryl methyl sites for hydroxylation is 3. The standard InChI is InChI=1S/C22H22N4O2/c1-13-5-8-19(11-14(13)2)25-21-12-20(23-16(4)24-21)22(28)26-18-9-6-17(7-10-18)15(3)27/h5-12H,1-4H3,(H,26,28)(H,23,24,25). The first kappa shape index (κ1) is 19.2. The highest BCUT2D eigenvalue weighted by Crippen LogP contribution is 2.19. The predicted molar refractivity (Wildman–Crippen MR) is 110 cm³/mol. The Labute approximate surface area is 164 Å². The van der Waals surface area contributed by atoms with Crippen molar-refractivity contribution >= 4 is 28.9 Å².